The summed E-state index contributed by atoms with van der Waals surface area (Å²) in [5.74, 6) is 0. The Kier molecular flexibility index (Phi) is 4.34. The van der Waals surface area contributed by atoms with Gasteiger partial charge >= 0.3 is 0 Å². The zero-order valence-corrected chi connectivity index (χ0v) is 13.3. The zero-order chi connectivity index (χ0) is 14.9. The van der Waals surface area contributed by atoms with Crippen molar-refractivity contribution in [1.82, 2.24) is 4.90 Å². The van der Waals surface area contributed by atoms with Crippen molar-refractivity contribution in [3.63, 3.8) is 0 Å². The second-order valence-corrected chi connectivity index (χ2v) is 6.93. The average molecular weight is 289 g/mol. The molecule has 1 N–H and O–H groups in total. The van der Waals surface area contributed by atoms with Crippen LogP contribution in [0.15, 0.2) is 18.2 Å². The van der Waals surface area contributed by atoms with Gasteiger partial charge in [-0.05, 0) is 49.8 Å². The summed E-state index contributed by atoms with van der Waals surface area (Å²) in [6, 6.07) is 6.76. The highest BCUT2D eigenvalue weighted by molar-refractivity contribution is 5.35. The molecule has 0 saturated carbocycles. The van der Waals surface area contributed by atoms with Crippen molar-refractivity contribution < 1.29 is 9.84 Å². The first-order valence-corrected chi connectivity index (χ1v) is 8.19. The predicted molar refractivity (Wildman–Crippen MR) is 84.6 cm³/mol. The van der Waals surface area contributed by atoms with Gasteiger partial charge in [0.1, 0.15) is 0 Å². The lowest BCUT2D eigenvalue weighted by Crippen LogP contribution is -2.56. The van der Waals surface area contributed by atoms with Gasteiger partial charge in [-0.25, -0.2) is 0 Å². The Labute approximate surface area is 127 Å². The maximum absolute atomic E-state index is 10.7. The number of benzene rings is 1. The van der Waals surface area contributed by atoms with E-state index in [0.29, 0.717) is 0 Å². The number of hydrogen-bond acceptors (Lipinski definition) is 3. The number of ether oxygens (including phenoxy) is 1. The van der Waals surface area contributed by atoms with E-state index in [1.807, 2.05) is 0 Å². The molecule has 2 aliphatic rings. The molecule has 1 aliphatic carbocycles. The van der Waals surface area contributed by atoms with Crippen LogP contribution in [0.4, 0.5) is 0 Å². The van der Waals surface area contributed by atoms with Gasteiger partial charge in [-0.2, -0.15) is 0 Å². The average Bonchev–Trinajstić information content (AvgIpc) is 2.95. The molecular formula is C18H27NO2. The second-order valence-electron chi connectivity index (χ2n) is 6.93. The summed E-state index contributed by atoms with van der Waals surface area (Å²) in [6.07, 6.45) is 4.08. The Hall–Kier alpha value is -0.900. The largest absolute Gasteiger partial charge is 0.391 e. The van der Waals surface area contributed by atoms with Gasteiger partial charge in [0.15, 0.2) is 0 Å². The number of fused-ring (bicyclic) bond motifs is 1. The van der Waals surface area contributed by atoms with Gasteiger partial charge in [-0.1, -0.05) is 18.2 Å². The van der Waals surface area contributed by atoms with Gasteiger partial charge in [-0.15, -0.1) is 0 Å². The van der Waals surface area contributed by atoms with Crippen molar-refractivity contribution in [2.45, 2.75) is 51.2 Å². The summed E-state index contributed by atoms with van der Waals surface area (Å²) >= 11 is 0. The molecule has 0 bridgehead atoms. The van der Waals surface area contributed by atoms with Crippen LogP contribution in [0.3, 0.4) is 0 Å². The van der Waals surface area contributed by atoms with Gasteiger partial charge in [-0.3, -0.25) is 4.90 Å². The molecule has 1 aliphatic heterocycles. The molecule has 0 spiro atoms. The van der Waals surface area contributed by atoms with Gasteiger partial charge in [0.2, 0.25) is 0 Å². The molecule has 21 heavy (non-hydrogen) atoms. The predicted octanol–water partition coefficient (Wildman–Crippen LogP) is 2.19. The molecule has 1 aromatic rings. The first-order chi connectivity index (χ1) is 10.1. The highest BCUT2D eigenvalue weighted by Crippen LogP contribution is 2.26. The lowest BCUT2D eigenvalue weighted by molar-refractivity contribution is -0.0612. The third kappa shape index (κ3) is 3.15. The Bertz CT molecular complexity index is 492. The molecule has 0 aromatic heterocycles. The van der Waals surface area contributed by atoms with E-state index in [2.05, 4.69) is 36.9 Å². The van der Waals surface area contributed by atoms with Crippen molar-refractivity contribution in [1.29, 1.82) is 0 Å². The molecule has 1 atom stereocenters. The van der Waals surface area contributed by atoms with Gasteiger partial charge in [0, 0.05) is 25.0 Å². The molecule has 0 amide bonds. The van der Waals surface area contributed by atoms with Crippen molar-refractivity contribution in [2.75, 3.05) is 26.3 Å². The minimum absolute atomic E-state index is 0.206. The Morgan fingerprint density at radius 2 is 1.90 bits per heavy atom. The first kappa shape index (κ1) is 15.0. The fourth-order valence-corrected chi connectivity index (χ4v) is 3.58. The quantitative estimate of drug-likeness (QED) is 0.922. The first-order valence-electron chi connectivity index (χ1n) is 8.19. The molecule has 1 unspecified atom stereocenters. The maximum Gasteiger partial charge on any atom is 0.0758 e. The topological polar surface area (TPSA) is 32.7 Å². The van der Waals surface area contributed by atoms with Crippen LogP contribution in [-0.2, 0) is 24.0 Å². The van der Waals surface area contributed by atoms with E-state index < -0.39 is 0 Å². The molecule has 0 radical (unpaired) electrons. The molecule has 3 heteroatoms. The van der Waals surface area contributed by atoms with E-state index in [-0.39, 0.29) is 11.6 Å². The number of aliphatic hydroxyl groups is 1. The second kappa shape index (κ2) is 6.07. The van der Waals surface area contributed by atoms with Crippen LogP contribution >= 0.6 is 0 Å². The van der Waals surface area contributed by atoms with Crippen LogP contribution in [0.1, 0.15) is 37.0 Å². The maximum atomic E-state index is 10.7. The summed E-state index contributed by atoms with van der Waals surface area (Å²) < 4.78 is 5.42. The van der Waals surface area contributed by atoms with E-state index in [4.69, 9.17) is 4.74 Å². The molecule has 3 nitrogen and oxygen atoms in total. The van der Waals surface area contributed by atoms with E-state index in [0.717, 1.165) is 32.7 Å². The van der Waals surface area contributed by atoms with Gasteiger partial charge in [0.25, 0.3) is 0 Å². The number of aliphatic hydroxyl groups excluding tert-OH is 1. The number of nitrogens with zero attached hydrogens (tertiary/aromatic N) is 1. The monoisotopic (exact) mass is 289 g/mol. The summed E-state index contributed by atoms with van der Waals surface area (Å²) in [4.78, 5) is 2.36. The number of rotatable bonds is 4. The zero-order valence-electron chi connectivity index (χ0n) is 13.3. The van der Waals surface area contributed by atoms with Gasteiger partial charge in [0.05, 0.1) is 19.3 Å². The van der Waals surface area contributed by atoms with Crippen LogP contribution in [-0.4, -0.2) is 48.0 Å². The van der Waals surface area contributed by atoms with Crippen LogP contribution in [0, 0.1) is 0 Å². The molecular weight excluding hydrogens is 262 g/mol. The summed E-state index contributed by atoms with van der Waals surface area (Å²) in [5.41, 5.74) is 4.05. The summed E-state index contributed by atoms with van der Waals surface area (Å²) in [5, 5.41) is 10.7. The van der Waals surface area contributed by atoms with Crippen LogP contribution < -0.4 is 0 Å². The smallest absolute Gasteiger partial charge is 0.0758 e. The fraction of sp³-hybridized carbons (Fsp3) is 0.667. The normalized spacial score (nSPS) is 21.3. The Morgan fingerprint density at radius 1 is 1.19 bits per heavy atom. The van der Waals surface area contributed by atoms with E-state index >= 15 is 0 Å². The molecule has 1 saturated heterocycles. The van der Waals surface area contributed by atoms with Crippen molar-refractivity contribution >= 4 is 0 Å². The highest BCUT2D eigenvalue weighted by Gasteiger charge is 2.35. The molecule has 1 aromatic carbocycles. The van der Waals surface area contributed by atoms with E-state index in [9.17, 15) is 5.11 Å². The molecule has 1 fully saturated rings. The van der Waals surface area contributed by atoms with Crippen molar-refractivity contribution in [3.8, 4) is 0 Å². The summed E-state index contributed by atoms with van der Waals surface area (Å²) in [7, 11) is 0. The number of morpholine rings is 1. The minimum Gasteiger partial charge on any atom is -0.391 e. The standard InChI is InChI=1S/C18H27NO2/c1-18(2,19-8-10-21-11-9-19)17(20)13-14-6-7-15-4-3-5-16(15)12-14/h6-7,12,17,20H,3-5,8-11,13H2,1-2H3. The van der Waals surface area contributed by atoms with Crippen LogP contribution in [0.2, 0.25) is 0 Å². The lowest BCUT2D eigenvalue weighted by atomic mass is 9.89. The minimum atomic E-state index is -0.352. The van der Waals surface area contributed by atoms with E-state index in [1.54, 1.807) is 0 Å². The molecule has 3 rings (SSSR count). The highest BCUT2D eigenvalue weighted by atomic mass is 16.5. The number of aryl methyl sites for hydroxylation is 2. The lowest BCUT2D eigenvalue weighted by Gasteiger charge is -2.43. The third-order valence-electron chi connectivity index (χ3n) is 5.23. The molecule has 1 heterocycles. The fourth-order valence-electron chi connectivity index (χ4n) is 3.58. The number of hydrogen-bond donors (Lipinski definition) is 1. The SMILES string of the molecule is CC(C)(C(O)Cc1ccc2c(c1)CCC2)N1CCOCC1. The van der Waals surface area contributed by atoms with Gasteiger partial charge < -0.3 is 9.84 Å². The Balaban J connectivity index is 1.68. The van der Waals surface area contributed by atoms with Crippen LogP contribution in [0.25, 0.3) is 0 Å². The van der Waals surface area contributed by atoms with Crippen molar-refractivity contribution in [2.24, 2.45) is 0 Å². The summed E-state index contributed by atoms with van der Waals surface area (Å²) in [6.45, 7) is 7.67. The van der Waals surface area contributed by atoms with Crippen molar-refractivity contribution in [3.05, 3.63) is 34.9 Å². The Morgan fingerprint density at radius 3 is 2.67 bits per heavy atom. The van der Waals surface area contributed by atoms with E-state index in [1.165, 1.54) is 36.0 Å². The third-order valence-corrected chi connectivity index (χ3v) is 5.23. The van der Waals surface area contributed by atoms with Crippen LogP contribution in [0.5, 0.6) is 0 Å². The molecule has 116 valence electrons.